The third-order valence-corrected chi connectivity index (χ3v) is 6.92. The monoisotopic (exact) mass is 426 g/mol. The minimum Gasteiger partial charge on any atom is -0.493 e. The molecule has 2 amide bonds. The Kier molecular flexibility index (Phi) is 6.72. The number of rotatable bonds is 5. The molecular weight excluding hydrogens is 396 g/mol. The topological polar surface area (TPSA) is 49.9 Å². The zero-order valence-electron chi connectivity index (χ0n) is 17.6. The molecule has 5 nitrogen and oxygen atoms in total. The molecule has 1 unspecified atom stereocenters. The fourth-order valence-electron chi connectivity index (χ4n) is 4.26. The van der Waals surface area contributed by atoms with Gasteiger partial charge in [0.1, 0.15) is 5.75 Å². The zero-order valence-corrected chi connectivity index (χ0v) is 18.4. The molecule has 2 saturated heterocycles. The van der Waals surface area contributed by atoms with Gasteiger partial charge in [-0.15, -0.1) is 0 Å². The molecule has 1 aromatic heterocycles. The quantitative estimate of drug-likeness (QED) is 0.705. The maximum atomic E-state index is 12.7. The number of ether oxygens (including phenoxy) is 1. The first kappa shape index (κ1) is 20.9. The number of benzene rings is 1. The average Bonchev–Trinajstić information content (AvgIpc) is 3.33. The first-order chi connectivity index (χ1) is 14.6. The van der Waals surface area contributed by atoms with E-state index in [4.69, 9.17) is 4.74 Å². The van der Waals surface area contributed by atoms with Gasteiger partial charge in [0.15, 0.2) is 0 Å². The van der Waals surface area contributed by atoms with Gasteiger partial charge in [0, 0.05) is 43.0 Å². The first-order valence-corrected chi connectivity index (χ1v) is 11.9. The summed E-state index contributed by atoms with van der Waals surface area (Å²) >= 11 is 1.55. The molecule has 2 aliphatic heterocycles. The Bertz CT molecular complexity index is 842. The van der Waals surface area contributed by atoms with Crippen molar-refractivity contribution >= 4 is 23.2 Å². The lowest BCUT2D eigenvalue weighted by atomic mass is 9.98. The van der Waals surface area contributed by atoms with Gasteiger partial charge < -0.3 is 14.5 Å². The van der Waals surface area contributed by atoms with E-state index in [1.807, 2.05) is 50.9 Å². The molecule has 0 spiro atoms. The number of thiophene rings is 1. The van der Waals surface area contributed by atoms with E-state index in [-0.39, 0.29) is 11.8 Å². The van der Waals surface area contributed by atoms with Gasteiger partial charge in [0.05, 0.1) is 12.2 Å². The molecule has 30 heavy (non-hydrogen) atoms. The molecule has 4 rings (SSSR count). The van der Waals surface area contributed by atoms with E-state index in [1.54, 1.807) is 11.3 Å². The Morgan fingerprint density at radius 2 is 1.70 bits per heavy atom. The molecule has 0 saturated carbocycles. The number of likely N-dealkylation sites (tertiary alicyclic amines) is 2. The molecular formula is C24H30N2O3S. The van der Waals surface area contributed by atoms with Crippen molar-refractivity contribution in [3.05, 3.63) is 52.2 Å². The van der Waals surface area contributed by atoms with Gasteiger partial charge in [0.25, 0.3) is 11.8 Å². The third kappa shape index (κ3) is 5.04. The van der Waals surface area contributed by atoms with Gasteiger partial charge in [-0.2, -0.15) is 11.3 Å². The second-order valence-electron chi connectivity index (χ2n) is 8.58. The molecule has 160 valence electrons. The van der Waals surface area contributed by atoms with Crippen LogP contribution in [0.25, 0.3) is 0 Å². The van der Waals surface area contributed by atoms with E-state index in [9.17, 15) is 9.59 Å². The largest absolute Gasteiger partial charge is 0.493 e. The maximum absolute atomic E-state index is 12.7. The van der Waals surface area contributed by atoms with Crippen LogP contribution in [0.15, 0.2) is 41.1 Å². The number of carbonyl (C=O) groups excluding carboxylic acids is 2. The maximum Gasteiger partial charge on any atom is 0.254 e. The summed E-state index contributed by atoms with van der Waals surface area (Å²) in [5.41, 5.74) is 1.51. The minimum atomic E-state index is 0.114. The zero-order chi connectivity index (χ0) is 20.9. The van der Waals surface area contributed by atoms with Crippen LogP contribution in [-0.2, 0) is 0 Å². The molecule has 0 radical (unpaired) electrons. The SMILES string of the molecule is CC1CCN(C(=O)c2ccc(OCC3CCCN(C(=O)c4ccsc4)C3)cc2)CC1. The summed E-state index contributed by atoms with van der Waals surface area (Å²) in [7, 11) is 0. The van der Waals surface area contributed by atoms with Crippen LogP contribution < -0.4 is 4.74 Å². The summed E-state index contributed by atoms with van der Waals surface area (Å²) in [6.07, 6.45) is 4.24. The van der Waals surface area contributed by atoms with Crippen molar-refractivity contribution < 1.29 is 14.3 Å². The van der Waals surface area contributed by atoms with E-state index in [1.165, 1.54) is 0 Å². The second kappa shape index (κ2) is 9.65. The van der Waals surface area contributed by atoms with Crippen molar-refractivity contribution in [1.82, 2.24) is 9.80 Å². The Morgan fingerprint density at radius 1 is 0.967 bits per heavy atom. The van der Waals surface area contributed by atoms with Crippen LogP contribution in [0.1, 0.15) is 53.3 Å². The Labute approximate surface area is 182 Å². The Hall–Kier alpha value is -2.34. The highest BCUT2D eigenvalue weighted by Crippen LogP contribution is 2.23. The Morgan fingerprint density at radius 3 is 2.40 bits per heavy atom. The van der Waals surface area contributed by atoms with Gasteiger partial charge >= 0.3 is 0 Å². The van der Waals surface area contributed by atoms with Gasteiger partial charge in [-0.25, -0.2) is 0 Å². The highest BCUT2D eigenvalue weighted by Gasteiger charge is 2.25. The van der Waals surface area contributed by atoms with E-state index in [0.29, 0.717) is 18.4 Å². The number of piperidine rings is 2. The minimum absolute atomic E-state index is 0.114. The van der Waals surface area contributed by atoms with Crippen LogP contribution in [-0.4, -0.2) is 54.4 Å². The lowest BCUT2D eigenvalue weighted by Crippen LogP contribution is -2.41. The van der Waals surface area contributed by atoms with E-state index in [2.05, 4.69) is 6.92 Å². The average molecular weight is 427 g/mol. The number of carbonyl (C=O) groups is 2. The number of hydrogen-bond acceptors (Lipinski definition) is 4. The van der Waals surface area contributed by atoms with Crippen molar-refractivity contribution in [2.45, 2.75) is 32.6 Å². The fraction of sp³-hybridized carbons (Fsp3) is 0.500. The molecule has 1 aromatic carbocycles. The van der Waals surface area contributed by atoms with Crippen molar-refractivity contribution in [3.63, 3.8) is 0 Å². The van der Waals surface area contributed by atoms with E-state index in [0.717, 1.165) is 68.7 Å². The number of nitrogens with zero attached hydrogens (tertiary/aromatic N) is 2. The van der Waals surface area contributed by atoms with Gasteiger partial charge in [-0.3, -0.25) is 9.59 Å². The summed E-state index contributed by atoms with van der Waals surface area (Å²) in [5.74, 6) is 2.05. The van der Waals surface area contributed by atoms with E-state index < -0.39 is 0 Å². The summed E-state index contributed by atoms with van der Waals surface area (Å²) < 4.78 is 6.00. The molecule has 1 atom stereocenters. The summed E-state index contributed by atoms with van der Waals surface area (Å²) in [5, 5.41) is 3.85. The highest BCUT2D eigenvalue weighted by molar-refractivity contribution is 7.08. The standard InChI is InChI=1S/C24H30N2O3S/c1-18-8-12-25(13-9-18)23(27)20-4-6-22(7-5-20)29-16-19-3-2-11-26(15-19)24(28)21-10-14-30-17-21/h4-7,10,14,17-19H,2-3,8-9,11-13,15-16H2,1H3. The van der Waals surface area contributed by atoms with Gasteiger partial charge in [-0.1, -0.05) is 6.92 Å². The second-order valence-corrected chi connectivity index (χ2v) is 9.36. The van der Waals surface area contributed by atoms with Crippen LogP contribution in [0.4, 0.5) is 0 Å². The predicted molar refractivity (Wildman–Crippen MR) is 119 cm³/mol. The predicted octanol–water partition coefficient (Wildman–Crippen LogP) is 4.55. The van der Waals surface area contributed by atoms with Crippen LogP contribution >= 0.6 is 11.3 Å². The molecule has 3 heterocycles. The fourth-order valence-corrected chi connectivity index (χ4v) is 4.89. The lowest BCUT2D eigenvalue weighted by Gasteiger charge is -2.32. The smallest absolute Gasteiger partial charge is 0.254 e. The molecule has 0 N–H and O–H groups in total. The van der Waals surface area contributed by atoms with Crippen molar-refractivity contribution in [2.24, 2.45) is 11.8 Å². The van der Waals surface area contributed by atoms with Crippen LogP contribution in [0, 0.1) is 11.8 Å². The van der Waals surface area contributed by atoms with Crippen LogP contribution in [0.5, 0.6) is 5.75 Å². The number of hydrogen-bond donors (Lipinski definition) is 0. The molecule has 2 aromatic rings. The third-order valence-electron chi connectivity index (χ3n) is 6.23. The van der Waals surface area contributed by atoms with Crippen LogP contribution in [0.2, 0.25) is 0 Å². The summed E-state index contributed by atoms with van der Waals surface area (Å²) in [6.45, 7) is 6.08. The number of amides is 2. The van der Waals surface area contributed by atoms with Gasteiger partial charge in [0.2, 0.25) is 0 Å². The first-order valence-electron chi connectivity index (χ1n) is 10.9. The van der Waals surface area contributed by atoms with Crippen molar-refractivity contribution in [3.8, 4) is 5.75 Å². The van der Waals surface area contributed by atoms with E-state index >= 15 is 0 Å². The summed E-state index contributed by atoms with van der Waals surface area (Å²) in [6, 6.07) is 9.39. The molecule has 0 bridgehead atoms. The van der Waals surface area contributed by atoms with Crippen molar-refractivity contribution in [2.75, 3.05) is 32.8 Å². The normalized spacial score (nSPS) is 20.2. The Balaban J connectivity index is 1.27. The molecule has 6 heteroatoms. The molecule has 2 aliphatic rings. The molecule has 2 fully saturated rings. The highest BCUT2D eigenvalue weighted by atomic mass is 32.1. The van der Waals surface area contributed by atoms with Crippen molar-refractivity contribution in [1.29, 1.82) is 0 Å². The van der Waals surface area contributed by atoms with Gasteiger partial charge in [-0.05, 0) is 67.3 Å². The lowest BCUT2D eigenvalue weighted by molar-refractivity contribution is 0.0633. The molecule has 0 aliphatic carbocycles. The van der Waals surface area contributed by atoms with Crippen LogP contribution in [0.3, 0.4) is 0 Å². The summed E-state index contributed by atoms with van der Waals surface area (Å²) in [4.78, 5) is 29.2.